The zero-order valence-electron chi connectivity index (χ0n) is 11.6. The van der Waals surface area contributed by atoms with E-state index >= 15 is 0 Å². The standard InChI is InChI=1S/C9H7ClO.10Y/c10-9-6-2-1-4-8(9)5-3-7-11;;;;;;;;;;/h1-7H;;;;;;;;;;/q-2;;;;;;;;;;. The Labute approximate surface area is 385 Å². The van der Waals surface area contributed by atoms with Crippen LogP contribution in [-0.2, 0) is 332 Å². The van der Waals surface area contributed by atoms with Crippen molar-refractivity contribution >= 4 is 17.9 Å². The number of rotatable bonds is 3. The molecule has 0 aromatic heterocycles. The van der Waals surface area contributed by atoms with Gasteiger partial charge in [-0.05, 0) is 6.29 Å². The van der Waals surface area contributed by atoms with Crippen molar-refractivity contribution in [3.8, 4) is 0 Å². The topological polar surface area (TPSA) is 17.1 Å². The molecule has 0 aliphatic carbocycles. The van der Waals surface area contributed by atoms with E-state index < -0.39 is 0 Å². The van der Waals surface area contributed by atoms with Crippen molar-refractivity contribution in [2.45, 2.75) is 0 Å². The largest absolute Gasteiger partial charge is 0.366 e. The van der Waals surface area contributed by atoms with E-state index in [1.54, 1.807) is 12.5 Å². The number of benzene rings is 1. The van der Waals surface area contributed by atoms with Crippen LogP contribution in [0.1, 0.15) is 5.56 Å². The third-order valence-electron chi connectivity index (χ3n) is 1.26. The molecule has 0 spiro atoms. The van der Waals surface area contributed by atoms with Crippen LogP contribution < -0.4 is 0 Å². The van der Waals surface area contributed by atoms with Crippen LogP contribution >= 0.6 is 11.6 Å². The van der Waals surface area contributed by atoms with E-state index in [0.717, 1.165) is 11.8 Å². The van der Waals surface area contributed by atoms with Crippen molar-refractivity contribution in [2.75, 3.05) is 0 Å². The molecule has 1 aromatic rings. The first-order valence-electron chi connectivity index (χ1n) is 3.21. The molecule has 0 saturated heterocycles. The molecule has 88 valence electrons. The third kappa shape index (κ3) is 37.6. The molecule has 0 atom stereocenters. The van der Waals surface area contributed by atoms with E-state index in [4.69, 9.17) is 11.6 Å². The Balaban J connectivity index is -0.0000000151. The maximum absolute atomic E-state index is 9.96. The summed E-state index contributed by atoms with van der Waals surface area (Å²) in [5, 5.41) is 0.658. The van der Waals surface area contributed by atoms with Crippen LogP contribution in [0.4, 0.5) is 0 Å². The molecule has 0 unspecified atom stereocenters. The van der Waals surface area contributed by atoms with Gasteiger partial charge in [0.15, 0.2) is 0 Å². The fraction of sp³-hybridized carbons (Fsp3) is 0. The molecular weight excluding hydrogens is 1050 g/mol. The van der Waals surface area contributed by atoms with Gasteiger partial charge in [-0.15, -0.1) is 12.1 Å². The maximum atomic E-state index is 9.96. The summed E-state index contributed by atoms with van der Waals surface area (Å²) in [4.78, 5) is 9.96. The van der Waals surface area contributed by atoms with Gasteiger partial charge in [-0.1, -0.05) is 11.1 Å². The molecular formula is C9H7ClOY10-2. The first kappa shape index (κ1) is 63.3. The molecule has 12 heteroatoms. The fourth-order valence-corrected chi connectivity index (χ4v) is 0.952. The minimum atomic E-state index is 0. The van der Waals surface area contributed by atoms with Crippen LogP contribution in [0.3, 0.4) is 0 Å². The van der Waals surface area contributed by atoms with E-state index in [2.05, 4.69) is 0 Å². The number of carbonyl (C=O) groups excluding carboxylic acids is 1. The van der Waals surface area contributed by atoms with Gasteiger partial charge in [0.25, 0.3) is 0 Å². The first-order chi connectivity index (χ1) is 5.34. The fourth-order valence-electron chi connectivity index (χ4n) is 0.753. The minimum Gasteiger partial charge on any atom is -0.366 e. The molecule has 10 radical (unpaired) electrons. The van der Waals surface area contributed by atoms with Crippen molar-refractivity contribution in [2.24, 2.45) is 0 Å². The van der Waals surface area contributed by atoms with Gasteiger partial charge < -0.3 is 17.6 Å². The first-order valence-corrected chi connectivity index (χ1v) is 3.59. The van der Waals surface area contributed by atoms with Gasteiger partial charge in [0.2, 0.25) is 0 Å². The van der Waals surface area contributed by atoms with Crippen LogP contribution in [0.15, 0.2) is 24.3 Å². The van der Waals surface area contributed by atoms with Gasteiger partial charge in [0, 0.05) is 327 Å². The molecule has 0 aliphatic heterocycles. The number of hydrogen-bond donors (Lipinski definition) is 0. The Morgan fingerprint density at radius 3 is 1.48 bits per heavy atom. The van der Waals surface area contributed by atoms with Gasteiger partial charge in [-0.25, -0.2) is 5.56 Å². The summed E-state index contributed by atoms with van der Waals surface area (Å²) in [6.45, 7) is 0. The predicted molar refractivity (Wildman–Crippen MR) is 45.2 cm³/mol. The molecule has 21 heavy (non-hydrogen) atoms. The number of halogens is 1. The Morgan fingerprint density at radius 2 is 1.14 bits per heavy atom. The average molecular weight is 1060 g/mol. The second-order valence-electron chi connectivity index (χ2n) is 2.02. The second kappa shape index (κ2) is 47.7. The van der Waals surface area contributed by atoms with Crippen LogP contribution in [0.2, 0.25) is 5.02 Å². The molecule has 0 aliphatic rings. The molecule has 1 nitrogen and oxygen atoms in total. The van der Waals surface area contributed by atoms with Gasteiger partial charge in [0.05, 0.1) is 0 Å². The van der Waals surface area contributed by atoms with Crippen molar-refractivity contribution in [1.29, 1.82) is 0 Å². The summed E-state index contributed by atoms with van der Waals surface area (Å²) in [5.41, 5.74) is 0.862. The Bertz CT molecular complexity index is 266. The van der Waals surface area contributed by atoms with Gasteiger partial charge in [-0.3, -0.25) is 0 Å². The Kier molecular flexibility index (Phi) is 144. The minimum absolute atomic E-state index is 0. The zero-order valence-corrected chi connectivity index (χ0v) is 40.7. The smallest absolute Gasteiger partial charge is 0 e. The van der Waals surface area contributed by atoms with Crippen molar-refractivity contribution in [3.05, 3.63) is 47.7 Å². The molecule has 0 saturated carbocycles. The molecule has 0 amide bonds. The second-order valence-corrected chi connectivity index (χ2v) is 2.42. The predicted octanol–water partition coefficient (Wildman–Crippen LogP) is 2.27. The van der Waals surface area contributed by atoms with Crippen molar-refractivity contribution < 1.29 is 332 Å². The quantitative estimate of drug-likeness (QED) is 0.336. The van der Waals surface area contributed by atoms with Crippen LogP contribution in [0.5, 0.6) is 0 Å². The van der Waals surface area contributed by atoms with Crippen molar-refractivity contribution in [3.63, 3.8) is 0 Å². The summed E-state index contributed by atoms with van der Waals surface area (Å²) in [6.07, 6.45) is 3.82. The summed E-state index contributed by atoms with van der Waals surface area (Å²) < 4.78 is 0. The molecule has 1 rings (SSSR count). The average Bonchev–Trinajstić information content (AvgIpc) is 2.03. The van der Waals surface area contributed by atoms with E-state index in [1.165, 1.54) is 6.42 Å². The number of hydrogen-bond acceptors (Lipinski definition) is 1. The van der Waals surface area contributed by atoms with E-state index in [0.29, 0.717) is 5.02 Å². The van der Waals surface area contributed by atoms with Crippen LogP contribution in [0, 0.1) is 12.8 Å². The monoisotopic (exact) mass is 1060 g/mol. The number of aldehydes is 1. The van der Waals surface area contributed by atoms with E-state index in [1.807, 2.05) is 18.2 Å². The normalized spacial score (nSPS) is 4.62. The van der Waals surface area contributed by atoms with Crippen molar-refractivity contribution in [1.82, 2.24) is 0 Å². The van der Waals surface area contributed by atoms with Crippen LogP contribution in [0.25, 0.3) is 0 Å². The maximum Gasteiger partial charge on any atom is 0 e. The Hall–Kier alpha value is 9.96. The SMILES string of the molecule is O=C[CH-][CH-]c1ccccc1Cl.[Y].[Y].[Y].[Y].[Y].[Y].[Y].[Y].[Y].[Y]. The van der Waals surface area contributed by atoms with E-state index in [-0.39, 0.29) is 327 Å². The summed E-state index contributed by atoms with van der Waals surface area (Å²) in [5.74, 6) is 0. The molecule has 1 aromatic carbocycles. The summed E-state index contributed by atoms with van der Waals surface area (Å²) >= 11 is 5.79. The molecule has 0 N–H and O–H groups in total. The summed E-state index contributed by atoms with van der Waals surface area (Å²) in [6, 6.07) is 7.35. The zero-order chi connectivity index (χ0) is 8.10. The van der Waals surface area contributed by atoms with Gasteiger partial charge in [-0.2, -0.15) is 17.7 Å². The van der Waals surface area contributed by atoms with E-state index in [9.17, 15) is 4.79 Å². The molecule has 0 bridgehead atoms. The molecule has 0 heterocycles. The van der Waals surface area contributed by atoms with Gasteiger partial charge in [0.1, 0.15) is 0 Å². The molecule has 0 fully saturated rings. The Morgan fingerprint density at radius 1 is 0.762 bits per heavy atom. The number of carbonyl (C=O) groups is 1. The summed E-state index contributed by atoms with van der Waals surface area (Å²) in [7, 11) is 0. The van der Waals surface area contributed by atoms with Gasteiger partial charge >= 0.3 is 0 Å². The van der Waals surface area contributed by atoms with Crippen LogP contribution in [-0.4, -0.2) is 6.29 Å². The third-order valence-corrected chi connectivity index (χ3v) is 1.60.